The van der Waals surface area contributed by atoms with Crippen LogP contribution in [-0.4, -0.2) is 52.7 Å². The van der Waals surface area contributed by atoms with E-state index in [1.165, 1.54) is 26.4 Å². The molecule has 0 fully saturated rings. The van der Waals surface area contributed by atoms with Crippen molar-refractivity contribution in [1.29, 1.82) is 0 Å². The minimum Gasteiger partial charge on any atom is -0.496 e. The summed E-state index contributed by atoms with van der Waals surface area (Å²) in [4.78, 5) is 30.8. The van der Waals surface area contributed by atoms with Crippen LogP contribution in [0.2, 0.25) is 5.02 Å². The van der Waals surface area contributed by atoms with E-state index in [4.69, 9.17) is 25.8 Å². The van der Waals surface area contributed by atoms with Crippen LogP contribution >= 0.6 is 11.6 Å². The minimum atomic E-state index is -1.67. The zero-order valence-corrected chi connectivity index (χ0v) is 18.4. The predicted molar refractivity (Wildman–Crippen MR) is 112 cm³/mol. The Morgan fingerprint density at radius 3 is 2.68 bits per heavy atom. The van der Waals surface area contributed by atoms with Gasteiger partial charge in [0.1, 0.15) is 28.4 Å². The zero-order chi connectivity index (χ0) is 22.3. The van der Waals surface area contributed by atoms with Crippen molar-refractivity contribution in [3.05, 3.63) is 40.6 Å². The number of Topliss-reactive ketones (excluding diaryl/α,β-unsaturated/α-hetero) is 1. The summed E-state index contributed by atoms with van der Waals surface area (Å²) in [5.74, 6) is 0.0919. The van der Waals surface area contributed by atoms with Gasteiger partial charge in [-0.2, -0.15) is 5.10 Å². The van der Waals surface area contributed by atoms with Crippen molar-refractivity contribution in [3.63, 3.8) is 0 Å². The number of carbonyl (C=O) groups is 2. The number of methoxy groups -OCH3 is 2. The van der Waals surface area contributed by atoms with E-state index in [-0.39, 0.29) is 22.1 Å². The summed E-state index contributed by atoms with van der Waals surface area (Å²) >= 11 is 6.39. The Labute approximate surface area is 184 Å². The van der Waals surface area contributed by atoms with E-state index in [2.05, 4.69) is 15.4 Å². The van der Waals surface area contributed by atoms with E-state index in [1.807, 2.05) is 6.92 Å². The molecule has 2 aliphatic rings. The number of fused-ring (bicyclic) bond motifs is 1. The van der Waals surface area contributed by atoms with Crippen molar-refractivity contribution in [2.24, 2.45) is 13.0 Å². The van der Waals surface area contributed by atoms with Crippen molar-refractivity contribution >= 4 is 23.2 Å². The smallest absolute Gasteiger partial charge is 0.236 e. The third-order valence-corrected chi connectivity index (χ3v) is 6.02. The van der Waals surface area contributed by atoms with Gasteiger partial charge in [0.15, 0.2) is 11.6 Å². The van der Waals surface area contributed by atoms with Crippen LogP contribution < -0.4 is 19.5 Å². The average Bonchev–Trinajstić information content (AvgIpc) is 3.29. The number of hydrogen-bond donors (Lipinski definition) is 1. The first-order chi connectivity index (χ1) is 14.8. The first kappa shape index (κ1) is 21.2. The number of hydrogen-bond acceptors (Lipinski definition) is 8. The number of carbonyl (C=O) groups excluding carboxylic acids is 2. The molecule has 1 aromatic carbocycles. The summed E-state index contributed by atoms with van der Waals surface area (Å²) in [5, 5.41) is 7.62. The zero-order valence-electron chi connectivity index (χ0n) is 17.7. The standard InChI is InChI=1S/C21H23ClN4O5/c1-11-7-12(23-6-5-16-24-10-26(2)25-16)8-15(27)21(11)20(28)17-13(29-3)9-14(30-4)18(22)19(17)31-21/h8-11,23H,5-7H2,1-4H3/t11-,21+/m1/s1. The number of allylic oxidation sites excluding steroid dienone is 1. The summed E-state index contributed by atoms with van der Waals surface area (Å²) < 4.78 is 18.3. The first-order valence-electron chi connectivity index (χ1n) is 9.83. The first-order valence-corrected chi connectivity index (χ1v) is 10.2. The van der Waals surface area contributed by atoms with Crippen LogP contribution in [0.15, 0.2) is 24.2 Å². The van der Waals surface area contributed by atoms with Crippen LogP contribution in [0.3, 0.4) is 0 Å². The van der Waals surface area contributed by atoms with Gasteiger partial charge in [-0.3, -0.25) is 14.3 Å². The molecule has 2 aromatic rings. The number of aryl methyl sites for hydroxylation is 1. The summed E-state index contributed by atoms with van der Waals surface area (Å²) in [6.45, 7) is 2.38. The Bertz CT molecular complexity index is 1100. The number of nitrogens with zero attached hydrogens (tertiary/aromatic N) is 3. The molecule has 1 N–H and O–H groups in total. The molecule has 1 aliphatic heterocycles. The Balaban J connectivity index is 1.59. The fraction of sp³-hybridized carbons (Fsp3) is 0.429. The van der Waals surface area contributed by atoms with Crippen molar-refractivity contribution in [1.82, 2.24) is 20.1 Å². The fourth-order valence-corrected chi connectivity index (χ4v) is 4.35. The van der Waals surface area contributed by atoms with Crippen LogP contribution in [0, 0.1) is 5.92 Å². The van der Waals surface area contributed by atoms with E-state index >= 15 is 0 Å². The highest BCUT2D eigenvalue weighted by atomic mass is 35.5. The van der Waals surface area contributed by atoms with E-state index in [1.54, 1.807) is 18.1 Å². The molecule has 0 saturated heterocycles. The van der Waals surface area contributed by atoms with Gasteiger partial charge in [-0.1, -0.05) is 18.5 Å². The lowest BCUT2D eigenvalue weighted by Crippen LogP contribution is -2.55. The lowest BCUT2D eigenvalue weighted by atomic mass is 9.74. The SMILES string of the molecule is COc1cc(OC)c2c(c1Cl)O[C@@]1(C(=O)C=C(NCCc3ncn(C)n3)C[C@H]1C)C2=O. The van der Waals surface area contributed by atoms with Gasteiger partial charge in [0.2, 0.25) is 17.2 Å². The van der Waals surface area contributed by atoms with Crippen LogP contribution in [-0.2, 0) is 18.3 Å². The number of ether oxygens (including phenoxy) is 3. The van der Waals surface area contributed by atoms with Crippen molar-refractivity contribution in [3.8, 4) is 17.2 Å². The quantitative estimate of drug-likeness (QED) is 0.673. The van der Waals surface area contributed by atoms with Crippen LogP contribution in [0.1, 0.15) is 29.5 Å². The van der Waals surface area contributed by atoms with E-state index in [9.17, 15) is 9.59 Å². The summed E-state index contributed by atoms with van der Waals surface area (Å²) in [6, 6.07) is 1.52. The maximum absolute atomic E-state index is 13.4. The summed E-state index contributed by atoms with van der Waals surface area (Å²) in [6.07, 6.45) is 4.14. The van der Waals surface area contributed by atoms with Crippen LogP contribution in [0.4, 0.5) is 0 Å². The molecule has 0 amide bonds. The molecule has 9 nitrogen and oxygen atoms in total. The van der Waals surface area contributed by atoms with Gasteiger partial charge in [-0.25, -0.2) is 4.98 Å². The Kier molecular flexibility index (Phi) is 5.38. The van der Waals surface area contributed by atoms with Gasteiger partial charge < -0.3 is 19.5 Å². The molecule has 1 aliphatic carbocycles. The van der Waals surface area contributed by atoms with Gasteiger partial charge >= 0.3 is 0 Å². The van der Waals surface area contributed by atoms with Crippen LogP contribution in [0.25, 0.3) is 0 Å². The Hall–Kier alpha value is -3.07. The number of benzene rings is 1. The van der Waals surface area contributed by atoms with Gasteiger partial charge in [-0.15, -0.1) is 0 Å². The normalized spacial score (nSPS) is 22.2. The lowest BCUT2D eigenvalue weighted by molar-refractivity contribution is -0.129. The Morgan fingerprint density at radius 2 is 2.06 bits per heavy atom. The van der Waals surface area contributed by atoms with Crippen LogP contribution in [0.5, 0.6) is 17.2 Å². The largest absolute Gasteiger partial charge is 0.496 e. The topological polar surface area (TPSA) is 105 Å². The number of rotatable bonds is 6. The highest BCUT2D eigenvalue weighted by molar-refractivity contribution is 6.36. The monoisotopic (exact) mass is 446 g/mol. The van der Waals surface area contributed by atoms with Crippen molar-refractivity contribution in [2.75, 3.05) is 20.8 Å². The molecule has 0 saturated carbocycles. The third-order valence-electron chi connectivity index (χ3n) is 5.66. The molecule has 164 valence electrons. The van der Waals surface area contributed by atoms with Gasteiger partial charge in [0, 0.05) is 43.8 Å². The van der Waals surface area contributed by atoms with Gasteiger partial charge in [-0.05, 0) is 6.42 Å². The second-order valence-electron chi connectivity index (χ2n) is 7.62. The van der Waals surface area contributed by atoms with Gasteiger partial charge in [0.25, 0.3) is 0 Å². The molecule has 0 bridgehead atoms. The van der Waals surface area contributed by atoms with Crippen molar-refractivity contribution in [2.45, 2.75) is 25.4 Å². The highest BCUT2D eigenvalue weighted by Gasteiger charge is 2.60. The fourth-order valence-electron chi connectivity index (χ4n) is 4.09. The second kappa shape index (κ2) is 7.88. The molecule has 2 atom stereocenters. The summed E-state index contributed by atoms with van der Waals surface area (Å²) in [7, 11) is 4.70. The molecule has 2 heterocycles. The average molecular weight is 447 g/mol. The number of aromatic nitrogens is 3. The van der Waals surface area contributed by atoms with Gasteiger partial charge in [0.05, 0.1) is 14.2 Å². The molecule has 1 aromatic heterocycles. The maximum atomic E-state index is 13.4. The highest BCUT2D eigenvalue weighted by Crippen LogP contribution is 2.52. The second-order valence-corrected chi connectivity index (χ2v) is 7.99. The molecular weight excluding hydrogens is 424 g/mol. The number of nitrogens with one attached hydrogen (secondary N) is 1. The molecule has 4 rings (SSSR count). The molecule has 0 radical (unpaired) electrons. The predicted octanol–water partition coefficient (Wildman–Crippen LogP) is 2.12. The number of halogens is 1. The molecule has 10 heteroatoms. The molecule has 1 spiro atoms. The Morgan fingerprint density at radius 1 is 1.32 bits per heavy atom. The molecule has 0 unspecified atom stereocenters. The maximum Gasteiger partial charge on any atom is 0.236 e. The minimum absolute atomic E-state index is 0.120. The molecule has 31 heavy (non-hydrogen) atoms. The lowest BCUT2D eigenvalue weighted by Gasteiger charge is -2.35. The summed E-state index contributed by atoms with van der Waals surface area (Å²) in [5.41, 5.74) is -0.763. The van der Waals surface area contributed by atoms with E-state index in [0.717, 1.165) is 5.70 Å². The third kappa shape index (κ3) is 3.33. The number of ketones is 2. The van der Waals surface area contributed by atoms with E-state index < -0.39 is 23.1 Å². The van der Waals surface area contributed by atoms with Crippen molar-refractivity contribution < 1.29 is 23.8 Å². The molecular formula is C21H23ClN4O5. The van der Waals surface area contributed by atoms with E-state index in [0.29, 0.717) is 31.0 Å².